The summed E-state index contributed by atoms with van der Waals surface area (Å²) in [5, 5.41) is 11.1. The van der Waals surface area contributed by atoms with Crippen LogP contribution in [0.1, 0.15) is 88.3 Å². The van der Waals surface area contributed by atoms with Crippen molar-refractivity contribution in [3.05, 3.63) is 71.0 Å². The number of ketones is 1. The molecule has 1 amide bonds. The van der Waals surface area contributed by atoms with Crippen LogP contribution in [-0.2, 0) is 9.59 Å². The van der Waals surface area contributed by atoms with Gasteiger partial charge in [-0.25, -0.2) is 4.39 Å². The number of likely N-dealkylation sites (tertiary alicyclic amines) is 1. The van der Waals surface area contributed by atoms with E-state index >= 15 is 0 Å². The first kappa shape index (κ1) is 27.4. The zero-order valence-corrected chi connectivity index (χ0v) is 21.5. The Kier molecular flexibility index (Phi) is 10.5. The van der Waals surface area contributed by atoms with Crippen molar-refractivity contribution < 1.29 is 23.8 Å². The molecule has 2 aromatic carbocycles. The highest BCUT2D eigenvalue weighted by molar-refractivity contribution is 6.46. The standard InChI is InChI=1S/C30H38FNO4/c1-3-4-5-6-7-8-9-10-11-12-21-32-27(22-13-17-24(31)18-14-22)26(29(34)30(32)35)28(33)23-15-19-25(36-2)20-16-23/h13-20,27,33H,3-12,21H2,1-2H3/b28-26-. The molecule has 1 unspecified atom stereocenters. The molecule has 0 spiro atoms. The molecule has 0 radical (unpaired) electrons. The van der Waals surface area contributed by atoms with Crippen molar-refractivity contribution >= 4 is 17.4 Å². The summed E-state index contributed by atoms with van der Waals surface area (Å²) in [6.07, 6.45) is 11.7. The predicted molar refractivity (Wildman–Crippen MR) is 140 cm³/mol. The zero-order valence-electron chi connectivity index (χ0n) is 21.5. The number of nitrogens with zero attached hydrogens (tertiary/aromatic N) is 1. The largest absolute Gasteiger partial charge is 0.507 e. The molecule has 36 heavy (non-hydrogen) atoms. The van der Waals surface area contributed by atoms with Gasteiger partial charge in [-0.15, -0.1) is 0 Å². The number of amides is 1. The van der Waals surface area contributed by atoms with Crippen molar-refractivity contribution in [3.8, 4) is 5.75 Å². The summed E-state index contributed by atoms with van der Waals surface area (Å²) in [6.45, 7) is 2.63. The van der Waals surface area contributed by atoms with E-state index in [2.05, 4.69) is 6.92 Å². The molecule has 2 aromatic rings. The summed E-state index contributed by atoms with van der Waals surface area (Å²) in [6, 6.07) is 11.6. The number of carbonyl (C=O) groups is 2. The fraction of sp³-hybridized carbons (Fsp3) is 0.467. The van der Waals surface area contributed by atoms with Crippen LogP contribution < -0.4 is 4.74 Å². The van der Waals surface area contributed by atoms with E-state index in [9.17, 15) is 19.1 Å². The lowest BCUT2D eigenvalue weighted by molar-refractivity contribution is -0.139. The average Bonchev–Trinajstić information content (AvgIpc) is 3.14. The Bertz CT molecular complexity index is 1030. The highest BCUT2D eigenvalue weighted by atomic mass is 19.1. The van der Waals surface area contributed by atoms with E-state index in [4.69, 9.17) is 4.74 Å². The van der Waals surface area contributed by atoms with Crippen LogP contribution in [0.5, 0.6) is 5.75 Å². The van der Waals surface area contributed by atoms with Crippen LogP contribution >= 0.6 is 0 Å². The number of hydrogen-bond acceptors (Lipinski definition) is 4. The normalized spacial score (nSPS) is 17.1. The number of carbonyl (C=O) groups excluding carboxylic acids is 2. The molecule has 1 N–H and O–H groups in total. The van der Waals surface area contributed by atoms with Gasteiger partial charge in [0.2, 0.25) is 0 Å². The van der Waals surface area contributed by atoms with Crippen LogP contribution in [-0.4, -0.2) is 35.4 Å². The molecule has 1 fully saturated rings. The lowest BCUT2D eigenvalue weighted by Gasteiger charge is -2.25. The summed E-state index contributed by atoms with van der Waals surface area (Å²) in [5.41, 5.74) is 1.04. The van der Waals surface area contributed by atoms with Gasteiger partial charge in [0.1, 0.15) is 17.3 Å². The maximum Gasteiger partial charge on any atom is 0.295 e. The summed E-state index contributed by atoms with van der Waals surface area (Å²) < 4.78 is 18.8. The second kappa shape index (κ2) is 13.8. The first-order valence-electron chi connectivity index (χ1n) is 13.2. The maximum atomic E-state index is 13.6. The Hall–Kier alpha value is -3.15. The van der Waals surface area contributed by atoms with E-state index in [1.807, 2.05) is 0 Å². The highest BCUT2D eigenvalue weighted by Crippen LogP contribution is 2.39. The van der Waals surface area contributed by atoms with E-state index in [0.717, 1.165) is 19.3 Å². The average molecular weight is 496 g/mol. The van der Waals surface area contributed by atoms with Crippen molar-refractivity contribution in [2.45, 2.75) is 77.2 Å². The minimum absolute atomic E-state index is 0.0313. The van der Waals surface area contributed by atoms with Gasteiger partial charge in [0.25, 0.3) is 11.7 Å². The van der Waals surface area contributed by atoms with Crippen LogP contribution in [0, 0.1) is 5.82 Å². The molecule has 1 aliphatic rings. The van der Waals surface area contributed by atoms with Crippen molar-refractivity contribution in [1.82, 2.24) is 4.90 Å². The lowest BCUT2D eigenvalue weighted by Crippen LogP contribution is -2.30. The number of unbranched alkanes of at least 4 members (excludes halogenated alkanes) is 9. The smallest absolute Gasteiger partial charge is 0.295 e. The molecule has 0 bridgehead atoms. The van der Waals surface area contributed by atoms with E-state index < -0.39 is 23.5 Å². The number of benzene rings is 2. The molecule has 1 atom stereocenters. The minimum atomic E-state index is -0.758. The number of hydrogen-bond donors (Lipinski definition) is 1. The summed E-state index contributed by atoms with van der Waals surface area (Å²) >= 11 is 0. The Morgan fingerprint density at radius 1 is 0.861 bits per heavy atom. The van der Waals surface area contributed by atoms with E-state index in [1.165, 1.54) is 62.0 Å². The van der Waals surface area contributed by atoms with Crippen LogP contribution in [0.4, 0.5) is 4.39 Å². The number of ether oxygens (including phenoxy) is 1. The molecular formula is C30H38FNO4. The first-order valence-corrected chi connectivity index (χ1v) is 13.2. The number of halogens is 1. The molecule has 1 heterocycles. The first-order chi connectivity index (χ1) is 17.5. The molecule has 3 rings (SSSR count). The fourth-order valence-corrected chi connectivity index (χ4v) is 4.78. The quantitative estimate of drug-likeness (QED) is 0.130. The van der Waals surface area contributed by atoms with Crippen molar-refractivity contribution in [1.29, 1.82) is 0 Å². The van der Waals surface area contributed by atoms with E-state index in [1.54, 1.807) is 43.5 Å². The van der Waals surface area contributed by atoms with Crippen molar-refractivity contribution in [2.24, 2.45) is 0 Å². The monoisotopic (exact) mass is 495 g/mol. The second-order valence-corrected chi connectivity index (χ2v) is 9.45. The van der Waals surface area contributed by atoms with Gasteiger partial charge in [-0.05, 0) is 48.4 Å². The van der Waals surface area contributed by atoms with Crippen molar-refractivity contribution in [3.63, 3.8) is 0 Å². The fourth-order valence-electron chi connectivity index (χ4n) is 4.78. The SMILES string of the molecule is CCCCCCCCCCCCN1C(=O)C(=O)/C(=C(\O)c2ccc(OC)cc2)C1c1ccc(F)cc1. The second-order valence-electron chi connectivity index (χ2n) is 9.45. The van der Waals surface area contributed by atoms with Crippen LogP contribution in [0.25, 0.3) is 5.76 Å². The molecular weight excluding hydrogens is 457 g/mol. The molecule has 194 valence electrons. The maximum absolute atomic E-state index is 13.6. The van der Waals surface area contributed by atoms with Gasteiger partial charge in [-0.1, -0.05) is 76.8 Å². The highest BCUT2D eigenvalue weighted by Gasteiger charge is 2.45. The third-order valence-electron chi connectivity index (χ3n) is 6.84. The Labute approximate surface area is 214 Å². The zero-order chi connectivity index (χ0) is 25.9. The molecule has 1 saturated heterocycles. The summed E-state index contributed by atoms with van der Waals surface area (Å²) in [4.78, 5) is 27.6. The van der Waals surface area contributed by atoms with Crippen LogP contribution in [0.3, 0.4) is 0 Å². The number of aliphatic hydroxyl groups excluding tert-OH is 1. The van der Waals surface area contributed by atoms with Gasteiger partial charge in [0, 0.05) is 12.1 Å². The summed E-state index contributed by atoms with van der Waals surface area (Å²) in [7, 11) is 1.54. The Balaban J connectivity index is 1.72. The Morgan fingerprint density at radius 2 is 1.42 bits per heavy atom. The number of Topliss-reactive ketones (excluding diaryl/α,β-unsaturated/α-hetero) is 1. The number of methoxy groups -OCH3 is 1. The van der Waals surface area contributed by atoms with Gasteiger partial charge in [-0.3, -0.25) is 9.59 Å². The van der Waals surface area contributed by atoms with Crippen molar-refractivity contribution in [2.75, 3.05) is 13.7 Å². The third kappa shape index (κ3) is 6.96. The molecule has 0 aliphatic carbocycles. The topological polar surface area (TPSA) is 66.8 Å². The predicted octanol–water partition coefficient (Wildman–Crippen LogP) is 7.18. The van der Waals surface area contributed by atoms with E-state index in [-0.39, 0.29) is 11.3 Å². The number of rotatable bonds is 14. The molecule has 6 heteroatoms. The molecule has 0 aromatic heterocycles. The third-order valence-corrected chi connectivity index (χ3v) is 6.84. The van der Waals surface area contributed by atoms with Crippen LogP contribution in [0.2, 0.25) is 0 Å². The van der Waals surface area contributed by atoms with Crippen LogP contribution in [0.15, 0.2) is 54.1 Å². The number of aliphatic hydroxyl groups is 1. The lowest BCUT2D eigenvalue weighted by atomic mass is 9.95. The van der Waals surface area contributed by atoms with Gasteiger partial charge in [0.05, 0.1) is 18.7 Å². The van der Waals surface area contributed by atoms with Gasteiger partial charge in [-0.2, -0.15) is 0 Å². The minimum Gasteiger partial charge on any atom is -0.507 e. The van der Waals surface area contributed by atoms with Gasteiger partial charge >= 0.3 is 0 Å². The Morgan fingerprint density at radius 3 is 1.97 bits per heavy atom. The molecule has 1 aliphatic heterocycles. The van der Waals surface area contributed by atoms with Gasteiger partial charge in [0.15, 0.2) is 0 Å². The molecule has 0 saturated carbocycles. The van der Waals surface area contributed by atoms with E-state index in [0.29, 0.717) is 23.4 Å². The van der Waals surface area contributed by atoms with Gasteiger partial charge < -0.3 is 14.7 Å². The molecule has 5 nitrogen and oxygen atoms in total. The summed E-state index contributed by atoms with van der Waals surface area (Å²) in [5.74, 6) is -1.38.